The van der Waals surface area contributed by atoms with Crippen molar-refractivity contribution in [2.45, 2.75) is 77.7 Å². The zero-order valence-corrected chi connectivity index (χ0v) is 13.4. The molecule has 0 saturated carbocycles. The normalized spacial score (nSPS) is 23.1. The summed E-state index contributed by atoms with van der Waals surface area (Å²) in [6, 6.07) is 0.421. The van der Waals surface area contributed by atoms with E-state index in [1.54, 1.807) is 0 Å². The largest absolute Gasteiger partial charge is 0.370 e. The van der Waals surface area contributed by atoms with Gasteiger partial charge in [-0.1, -0.05) is 13.8 Å². The fraction of sp³-hybridized carbons (Fsp3) is 0.812. The Labute approximate surface area is 122 Å². The number of nitrogens with one attached hydrogen (secondary N) is 1. The lowest BCUT2D eigenvalue weighted by Crippen LogP contribution is -2.23. The van der Waals surface area contributed by atoms with Crippen LogP contribution >= 0.6 is 0 Å². The van der Waals surface area contributed by atoms with E-state index in [4.69, 9.17) is 4.74 Å². The third-order valence-electron chi connectivity index (χ3n) is 4.05. The summed E-state index contributed by atoms with van der Waals surface area (Å²) in [6.07, 6.45) is 9.01. The van der Waals surface area contributed by atoms with Gasteiger partial charge in [0.1, 0.15) is 0 Å². The number of rotatable bonds is 7. The van der Waals surface area contributed by atoms with E-state index in [0.29, 0.717) is 12.1 Å². The fourth-order valence-corrected chi connectivity index (χ4v) is 2.89. The van der Waals surface area contributed by atoms with Crippen LogP contribution in [0.5, 0.6) is 0 Å². The van der Waals surface area contributed by atoms with Gasteiger partial charge in [-0.2, -0.15) is 5.10 Å². The average molecular weight is 279 g/mol. The molecule has 1 aliphatic heterocycles. The molecule has 1 fully saturated rings. The second kappa shape index (κ2) is 6.72. The van der Waals surface area contributed by atoms with Crippen LogP contribution in [0.25, 0.3) is 0 Å². The molecule has 1 aliphatic rings. The van der Waals surface area contributed by atoms with Crippen molar-refractivity contribution in [1.29, 1.82) is 0 Å². The van der Waals surface area contributed by atoms with Crippen molar-refractivity contribution >= 4 is 0 Å². The lowest BCUT2D eigenvalue weighted by atomic mass is 10.1. The van der Waals surface area contributed by atoms with Gasteiger partial charge in [0.05, 0.1) is 24.4 Å². The first kappa shape index (κ1) is 15.5. The highest BCUT2D eigenvalue weighted by molar-refractivity contribution is 5.10. The molecule has 0 spiro atoms. The highest BCUT2D eigenvalue weighted by Crippen LogP contribution is 2.30. The van der Waals surface area contributed by atoms with Gasteiger partial charge >= 0.3 is 0 Å². The van der Waals surface area contributed by atoms with Gasteiger partial charge in [0.15, 0.2) is 0 Å². The molecule has 0 amide bonds. The summed E-state index contributed by atoms with van der Waals surface area (Å²) in [6.45, 7) is 10.7. The maximum absolute atomic E-state index is 6.04. The highest BCUT2D eigenvalue weighted by atomic mass is 16.5. The zero-order chi connectivity index (χ0) is 14.6. The summed E-state index contributed by atoms with van der Waals surface area (Å²) in [5, 5.41) is 8.07. The van der Waals surface area contributed by atoms with E-state index in [0.717, 1.165) is 38.8 Å². The van der Waals surface area contributed by atoms with E-state index in [9.17, 15) is 0 Å². The number of aromatic nitrogens is 2. The summed E-state index contributed by atoms with van der Waals surface area (Å²) < 4.78 is 8.08. The molecule has 1 aromatic rings. The Morgan fingerprint density at radius 3 is 2.90 bits per heavy atom. The Morgan fingerprint density at radius 2 is 2.30 bits per heavy atom. The minimum absolute atomic E-state index is 0.0370. The molecule has 0 bridgehead atoms. The summed E-state index contributed by atoms with van der Waals surface area (Å²) in [7, 11) is 0. The molecule has 2 unspecified atom stereocenters. The van der Waals surface area contributed by atoms with Gasteiger partial charge in [0, 0.05) is 17.8 Å². The third kappa shape index (κ3) is 4.06. The Balaban J connectivity index is 1.91. The van der Waals surface area contributed by atoms with Crippen molar-refractivity contribution in [3.05, 3.63) is 18.0 Å². The van der Waals surface area contributed by atoms with E-state index in [1.165, 1.54) is 5.56 Å². The summed E-state index contributed by atoms with van der Waals surface area (Å²) in [5.74, 6) is 0. The van der Waals surface area contributed by atoms with E-state index in [-0.39, 0.29) is 5.60 Å². The summed E-state index contributed by atoms with van der Waals surface area (Å²) in [4.78, 5) is 0. The SMILES string of the molecule is CCCNC(CC)c1cnn(CC2CCC(C)(C)O2)c1. The van der Waals surface area contributed by atoms with Gasteiger partial charge in [0.25, 0.3) is 0 Å². The molecule has 4 heteroatoms. The van der Waals surface area contributed by atoms with E-state index in [1.807, 2.05) is 10.9 Å². The number of hydrogen-bond donors (Lipinski definition) is 1. The molecule has 4 nitrogen and oxygen atoms in total. The molecule has 2 rings (SSSR count). The molecule has 20 heavy (non-hydrogen) atoms. The maximum Gasteiger partial charge on any atom is 0.0779 e. The van der Waals surface area contributed by atoms with E-state index >= 15 is 0 Å². The van der Waals surface area contributed by atoms with Crippen molar-refractivity contribution in [2.75, 3.05) is 6.54 Å². The first-order chi connectivity index (χ1) is 9.54. The highest BCUT2D eigenvalue weighted by Gasteiger charge is 2.31. The molecule has 2 atom stereocenters. The van der Waals surface area contributed by atoms with Gasteiger partial charge in [-0.15, -0.1) is 0 Å². The van der Waals surface area contributed by atoms with Crippen LogP contribution in [-0.2, 0) is 11.3 Å². The molecule has 0 aliphatic carbocycles. The van der Waals surface area contributed by atoms with Gasteiger partial charge in [-0.3, -0.25) is 4.68 Å². The van der Waals surface area contributed by atoms with Gasteiger partial charge < -0.3 is 10.1 Å². The van der Waals surface area contributed by atoms with Crippen LogP contribution in [0.2, 0.25) is 0 Å². The minimum Gasteiger partial charge on any atom is -0.370 e. The monoisotopic (exact) mass is 279 g/mol. The fourth-order valence-electron chi connectivity index (χ4n) is 2.89. The van der Waals surface area contributed by atoms with E-state index in [2.05, 4.69) is 44.3 Å². The Bertz CT molecular complexity index is 414. The molecular formula is C16H29N3O. The van der Waals surface area contributed by atoms with Crippen molar-refractivity contribution in [3.63, 3.8) is 0 Å². The second-order valence-corrected chi connectivity index (χ2v) is 6.45. The molecule has 2 heterocycles. The van der Waals surface area contributed by atoms with Crippen molar-refractivity contribution in [2.24, 2.45) is 0 Å². The standard InChI is InChI=1S/C16H29N3O/c1-5-9-17-15(6-2)13-10-18-19(11-13)12-14-7-8-16(3,4)20-14/h10-11,14-15,17H,5-9,12H2,1-4H3. The molecule has 0 radical (unpaired) electrons. The summed E-state index contributed by atoms with van der Waals surface area (Å²) >= 11 is 0. The minimum atomic E-state index is 0.0370. The van der Waals surface area contributed by atoms with Crippen LogP contribution in [0.4, 0.5) is 0 Å². The number of hydrogen-bond acceptors (Lipinski definition) is 3. The molecule has 0 aromatic carbocycles. The Kier molecular flexibility index (Phi) is 5.22. The zero-order valence-electron chi connectivity index (χ0n) is 13.4. The lowest BCUT2D eigenvalue weighted by molar-refractivity contribution is -0.0229. The Hall–Kier alpha value is -0.870. The molecular weight excluding hydrogens is 250 g/mol. The number of nitrogens with zero attached hydrogens (tertiary/aromatic N) is 2. The van der Waals surface area contributed by atoms with Gasteiger partial charge in [-0.25, -0.2) is 0 Å². The van der Waals surface area contributed by atoms with Gasteiger partial charge in [0.2, 0.25) is 0 Å². The molecule has 114 valence electrons. The van der Waals surface area contributed by atoms with Crippen LogP contribution in [-0.4, -0.2) is 28.0 Å². The third-order valence-corrected chi connectivity index (χ3v) is 4.05. The molecule has 1 N–H and O–H groups in total. The van der Waals surface area contributed by atoms with Crippen LogP contribution in [0.3, 0.4) is 0 Å². The van der Waals surface area contributed by atoms with Crippen molar-refractivity contribution in [3.8, 4) is 0 Å². The predicted molar refractivity (Wildman–Crippen MR) is 81.7 cm³/mol. The van der Waals surface area contributed by atoms with Crippen molar-refractivity contribution in [1.82, 2.24) is 15.1 Å². The summed E-state index contributed by atoms with van der Waals surface area (Å²) in [5.41, 5.74) is 1.33. The smallest absolute Gasteiger partial charge is 0.0779 e. The Morgan fingerprint density at radius 1 is 1.50 bits per heavy atom. The maximum atomic E-state index is 6.04. The second-order valence-electron chi connectivity index (χ2n) is 6.45. The van der Waals surface area contributed by atoms with Gasteiger partial charge in [-0.05, 0) is 46.1 Å². The van der Waals surface area contributed by atoms with Crippen LogP contribution in [0, 0.1) is 0 Å². The molecule has 1 saturated heterocycles. The lowest BCUT2D eigenvalue weighted by Gasteiger charge is -2.19. The van der Waals surface area contributed by atoms with Crippen molar-refractivity contribution < 1.29 is 4.74 Å². The predicted octanol–water partition coefficient (Wildman–Crippen LogP) is 3.29. The van der Waals surface area contributed by atoms with Crippen LogP contribution < -0.4 is 5.32 Å². The van der Waals surface area contributed by atoms with E-state index < -0.39 is 0 Å². The first-order valence-corrected chi connectivity index (χ1v) is 7.97. The number of ether oxygens (including phenoxy) is 1. The average Bonchev–Trinajstić information content (AvgIpc) is 2.98. The molecule has 1 aromatic heterocycles. The topological polar surface area (TPSA) is 39.1 Å². The first-order valence-electron chi connectivity index (χ1n) is 7.97. The van der Waals surface area contributed by atoms with Crippen LogP contribution in [0.1, 0.15) is 65.0 Å². The quantitative estimate of drug-likeness (QED) is 0.832. The van der Waals surface area contributed by atoms with Crippen LogP contribution in [0.15, 0.2) is 12.4 Å².